The van der Waals surface area contributed by atoms with Gasteiger partial charge >= 0.3 is 5.97 Å². The minimum atomic E-state index is -0.965. The maximum Gasteiger partial charge on any atom is 0.343 e. The Balaban J connectivity index is 2.61. The number of aryl methyl sites for hydroxylation is 1. The Morgan fingerprint density at radius 1 is 1.50 bits per heavy atom. The molecule has 0 amide bonds. The summed E-state index contributed by atoms with van der Waals surface area (Å²) in [6.45, 7) is 7.15. The topological polar surface area (TPSA) is 64.4 Å². The highest BCUT2D eigenvalue weighted by atomic mass is 16.5. The van der Waals surface area contributed by atoms with Gasteiger partial charge in [-0.15, -0.1) is 0 Å². The molecule has 0 aliphatic carbocycles. The van der Waals surface area contributed by atoms with Crippen LogP contribution in [-0.2, 0) is 12.0 Å². The van der Waals surface area contributed by atoms with Crippen LogP contribution in [-0.4, -0.2) is 27.5 Å². The predicted octanol–water partition coefficient (Wildman–Crippen LogP) is 1.66. The molecule has 88 valence electrons. The van der Waals surface area contributed by atoms with E-state index in [1.807, 2.05) is 20.8 Å². The first kappa shape index (κ1) is 11.0. The Labute approximate surface area is 94.0 Å². The molecule has 0 saturated carbocycles. The molecule has 0 radical (unpaired) electrons. The third kappa shape index (κ3) is 1.66. The first-order chi connectivity index (χ1) is 7.41. The van der Waals surface area contributed by atoms with Gasteiger partial charge in [-0.25, -0.2) is 9.48 Å². The molecular formula is C11H16N2O3. The molecule has 0 aromatic carbocycles. The van der Waals surface area contributed by atoms with E-state index in [9.17, 15) is 9.90 Å². The molecule has 2 heterocycles. The maximum atomic E-state index is 11.3. The Hall–Kier alpha value is -1.52. The molecule has 2 rings (SSSR count). The fourth-order valence-electron chi connectivity index (χ4n) is 1.85. The SMILES string of the molecule is CC(C)(C)c1nn2c(c1C(=O)O)OCCC2. The van der Waals surface area contributed by atoms with Crippen molar-refractivity contribution in [3.05, 3.63) is 11.3 Å². The Morgan fingerprint density at radius 2 is 2.19 bits per heavy atom. The van der Waals surface area contributed by atoms with Gasteiger partial charge in [-0.1, -0.05) is 20.8 Å². The summed E-state index contributed by atoms with van der Waals surface area (Å²) in [5.74, 6) is -0.559. The zero-order valence-corrected chi connectivity index (χ0v) is 9.78. The lowest BCUT2D eigenvalue weighted by Gasteiger charge is -2.15. The van der Waals surface area contributed by atoms with Crippen LogP contribution in [0.1, 0.15) is 43.2 Å². The molecule has 1 N–H and O–H groups in total. The summed E-state index contributed by atoms with van der Waals surface area (Å²) >= 11 is 0. The Kier molecular flexibility index (Phi) is 2.40. The average Bonchev–Trinajstić information content (AvgIpc) is 2.55. The van der Waals surface area contributed by atoms with Gasteiger partial charge < -0.3 is 9.84 Å². The van der Waals surface area contributed by atoms with Crippen molar-refractivity contribution >= 4 is 5.97 Å². The third-order valence-electron chi connectivity index (χ3n) is 2.58. The van der Waals surface area contributed by atoms with Gasteiger partial charge in [0.05, 0.1) is 12.3 Å². The van der Waals surface area contributed by atoms with Crippen molar-refractivity contribution in [1.29, 1.82) is 0 Å². The number of carbonyl (C=O) groups is 1. The number of fused-ring (bicyclic) bond motifs is 1. The number of carboxylic acid groups (broad SMARTS) is 1. The zero-order valence-electron chi connectivity index (χ0n) is 9.78. The van der Waals surface area contributed by atoms with E-state index in [1.165, 1.54) is 0 Å². The van der Waals surface area contributed by atoms with Crippen LogP contribution in [0.3, 0.4) is 0 Å². The fourth-order valence-corrected chi connectivity index (χ4v) is 1.85. The van der Waals surface area contributed by atoms with E-state index in [-0.39, 0.29) is 11.0 Å². The standard InChI is InChI=1S/C11H16N2O3/c1-11(2,3)8-7(10(14)15)9-13(12-8)5-4-6-16-9/h4-6H2,1-3H3,(H,14,15). The summed E-state index contributed by atoms with van der Waals surface area (Å²) in [6, 6.07) is 0. The Morgan fingerprint density at radius 3 is 2.75 bits per heavy atom. The number of hydrogen-bond donors (Lipinski definition) is 1. The predicted molar refractivity (Wildman–Crippen MR) is 58.0 cm³/mol. The van der Waals surface area contributed by atoms with Crippen LogP contribution in [0.4, 0.5) is 0 Å². The van der Waals surface area contributed by atoms with Gasteiger partial charge in [0, 0.05) is 18.4 Å². The van der Waals surface area contributed by atoms with E-state index in [0.717, 1.165) is 13.0 Å². The van der Waals surface area contributed by atoms with Crippen LogP contribution < -0.4 is 4.74 Å². The number of aromatic nitrogens is 2. The number of hydrogen-bond acceptors (Lipinski definition) is 3. The van der Waals surface area contributed by atoms with Crippen LogP contribution in [0.2, 0.25) is 0 Å². The van der Waals surface area contributed by atoms with Gasteiger partial charge in [0.15, 0.2) is 0 Å². The van der Waals surface area contributed by atoms with Gasteiger partial charge in [-0.05, 0) is 0 Å². The normalized spacial score (nSPS) is 15.4. The molecule has 5 nitrogen and oxygen atoms in total. The first-order valence-corrected chi connectivity index (χ1v) is 5.38. The molecular weight excluding hydrogens is 208 g/mol. The lowest BCUT2D eigenvalue weighted by atomic mass is 9.89. The highest BCUT2D eigenvalue weighted by molar-refractivity contribution is 5.92. The molecule has 0 bridgehead atoms. The molecule has 16 heavy (non-hydrogen) atoms. The molecule has 0 atom stereocenters. The van der Waals surface area contributed by atoms with Crippen molar-refractivity contribution < 1.29 is 14.6 Å². The lowest BCUT2D eigenvalue weighted by molar-refractivity contribution is 0.0687. The highest BCUT2D eigenvalue weighted by Gasteiger charge is 2.32. The van der Waals surface area contributed by atoms with Gasteiger partial charge in [0.1, 0.15) is 5.56 Å². The van der Waals surface area contributed by atoms with E-state index < -0.39 is 5.97 Å². The van der Waals surface area contributed by atoms with E-state index in [4.69, 9.17) is 4.74 Å². The molecule has 0 fully saturated rings. The first-order valence-electron chi connectivity index (χ1n) is 5.38. The minimum Gasteiger partial charge on any atom is -0.477 e. The monoisotopic (exact) mass is 224 g/mol. The van der Waals surface area contributed by atoms with Gasteiger partial charge in [-0.2, -0.15) is 5.10 Å². The molecule has 0 spiro atoms. The number of carboxylic acids is 1. The second-order valence-corrected chi connectivity index (χ2v) is 5.01. The third-order valence-corrected chi connectivity index (χ3v) is 2.58. The van der Waals surface area contributed by atoms with E-state index in [2.05, 4.69) is 5.10 Å². The molecule has 5 heteroatoms. The number of rotatable bonds is 1. The molecule has 1 aromatic heterocycles. The molecule has 0 saturated heterocycles. The molecule has 1 aromatic rings. The lowest BCUT2D eigenvalue weighted by Crippen LogP contribution is -2.16. The summed E-state index contributed by atoms with van der Waals surface area (Å²) in [5.41, 5.74) is 0.519. The second-order valence-electron chi connectivity index (χ2n) is 5.01. The summed E-state index contributed by atoms with van der Waals surface area (Å²) in [5, 5.41) is 13.6. The van der Waals surface area contributed by atoms with Crippen molar-refractivity contribution in [2.24, 2.45) is 0 Å². The molecule has 0 unspecified atom stereocenters. The van der Waals surface area contributed by atoms with Crippen LogP contribution >= 0.6 is 0 Å². The summed E-state index contributed by atoms with van der Waals surface area (Å²) in [7, 11) is 0. The largest absolute Gasteiger partial charge is 0.477 e. The molecule has 1 aliphatic rings. The summed E-state index contributed by atoms with van der Waals surface area (Å²) in [6.07, 6.45) is 0.872. The quantitative estimate of drug-likeness (QED) is 0.788. The number of aromatic carboxylic acids is 1. The van der Waals surface area contributed by atoms with E-state index in [1.54, 1.807) is 4.68 Å². The summed E-state index contributed by atoms with van der Waals surface area (Å²) in [4.78, 5) is 11.3. The van der Waals surface area contributed by atoms with Crippen LogP contribution in [0.5, 0.6) is 5.88 Å². The summed E-state index contributed by atoms with van der Waals surface area (Å²) < 4.78 is 7.07. The highest BCUT2D eigenvalue weighted by Crippen LogP contribution is 2.33. The van der Waals surface area contributed by atoms with Crippen molar-refractivity contribution in [1.82, 2.24) is 9.78 Å². The maximum absolute atomic E-state index is 11.3. The van der Waals surface area contributed by atoms with Crippen molar-refractivity contribution in [2.45, 2.75) is 39.2 Å². The van der Waals surface area contributed by atoms with Gasteiger partial charge in [0.2, 0.25) is 5.88 Å². The van der Waals surface area contributed by atoms with Crippen molar-refractivity contribution in [3.8, 4) is 5.88 Å². The van der Waals surface area contributed by atoms with E-state index in [0.29, 0.717) is 18.2 Å². The Bertz CT molecular complexity index is 429. The van der Waals surface area contributed by atoms with Crippen LogP contribution in [0, 0.1) is 0 Å². The van der Waals surface area contributed by atoms with Crippen LogP contribution in [0.25, 0.3) is 0 Å². The fraction of sp³-hybridized carbons (Fsp3) is 0.636. The average molecular weight is 224 g/mol. The second kappa shape index (κ2) is 3.50. The number of ether oxygens (including phenoxy) is 1. The smallest absolute Gasteiger partial charge is 0.343 e. The van der Waals surface area contributed by atoms with E-state index >= 15 is 0 Å². The van der Waals surface area contributed by atoms with Crippen molar-refractivity contribution in [2.75, 3.05) is 6.61 Å². The van der Waals surface area contributed by atoms with Crippen LogP contribution in [0.15, 0.2) is 0 Å². The van der Waals surface area contributed by atoms with Gasteiger partial charge in [0.25, 0.3) is 0 Å². The molecule has 1 aliphatic heterocycles. The zero-order chi connectivity index (χ0) is 11.9. The minimum absolute atomic E-state index is 0.215. The van der Waals surface area contributed by atoms with Crippen molar-refractivity contribution in [3.63, 3.8) is 0 Å². The van der Waals surface area contributed by atoms with Gasteiger partial charge in [-0.3, -0.25) is 0 Å². The number of nitrogens with zero attached hydrogens (tertiary/aromatic N) is 2.